The second-order valence-electron chi connectivity index (χ2n) is 2.59. The standard InChI is InChI=1S/C8H6N2O2S/c11-13(12)7-3-1-2-6-4-9-5-10-8(6)7/h1-2,4-5H,3H2. The molecule has 0 aromatic carbocycles. The molecular weight excluding hydrogens is 188 g/mol. The van der Waals surface area contributed by atoms with E-state index in [1.54, 1.807) is 12.3 Å². The van der Waals surface area contributed by atoms with Gasteiger partial charge in [-0.25, -0.2) is 9.97 Å². The van der Waals surface area contributed by atoms with Crippen LogP contribution in [0, 0.1) is 0 Å². The Kier molecular flexibility index (Phi) is 1.94. The molecule has 0 N–H and O–H groups in total. The van der Waals surface area contributed by atoms with E-state index in [2.05, 4.69) is 9.97 Å². The fourth-order valence-electron chi connectivity index (χ4n) is 1.23. The topological polar surface area (TPSA) is 59.9 Å². The third-order valence-corrected chi connectivity index (χ3v) is 2.57. The fraction of sp³-hybridized carbons (Fsp3) is 0.125. The lowest BCUT2D eigenvalue weighted by Crippen LogP contribution is -2.09. The second-order valence-corrected chi connectivity index (χ2v) is 3.55. The molecule has 0 unspecified atom stereocenters. The van der Waals surface area contributed by atoms with Crippen LogP contribution in [0.3, 0.4) is 0 Å². The van der Waals surface area contributed by atoms with Gasteiger partial charge in [-0.2, -0.15) is 8.42 Å². The molecule has 4 nitrogen and oxygen atoms in total. The van der Waals surface area contributed by atoms with Gasteiger partial charge in [-0.05, 0) is 0 Å². The molecule has 1 aliphatic carbocycles. The smallest absolute Gasteiger partial charge is 0.219 e. The highest BCUT2D eigenvalue weighted by Crippen LogP contribution is 2.14. The van der Waals surface area contributed by atoms with Gasteiger partial charge < -0.3 is 0 Å². The first-order valence-corrected chi connectivity index (χ1v) is 4.78. The molecule has 0 fully saturated rings. The first kappa shape index (κ1) is 8.12. The first-order valence-electron chi connectivity index (χ1n) is 3.71. The number of hydrogen-bond donors (Lipinski definition) is 0. The van der Waals surface area contributed by atoms with Crippen LogP contribution in [0.5, 0.6) is 0 Å². The van der Waals surface area contributed by atoms with Crippen molar-refractivity contribution in [2.75, 3.05) is 0 Å². The molecule has 0 saturated carbocycles. The molecule has 13 heavy (non-hydrogen) atoms. The van der Waals surface area contributed by atoms with E-state index in [0.717, 1.165) is 5.56 Å². The lowest BCUT2D eigenvalue weighted by molar-refractivity contribution is 0.627. The van der Waals surface area contributed by atoms with E-state index in [-0.39, 0.29) is 0 Å². The molecule has 1 heterocycles. The maximum Gasteiger partial charge on any atom is 0.219 e. The third-order valence-electron chi connectivity index (χ3n) is 1.81. The maximum absolute atomic E-state index is 10.8. The van der Waals surface area contributed by atoms with Crippen LogP contribution in [-0.2, 0) is 10.3 Å². The number of nitrogens with zero attached hydrogens (tertiary/aromatic N) is 2. The largest absolute Gasteiger partial charge is 0.244 e. The minimum atomic E-state index is -2.19. The SMILES string of the molecule is O=S(=O)=C1CC=Cc2cncnc21. The zero-order chi connectivity index (χ0) is 9.26. The van der Waals surface area contributed by atoms with Crippen molar-refractivity contribution in [1.29, 1.82) is 0 Å². The van der Waals surface area contributed by atoms with Gasteiger partial charge in [0.05, 0.1) is 5.69 Å². The van der Waals surface area contributed by atoms with E-state index in [4.69, 9.17) is 0 Å². The van der Waals surface area contributed by atoms with Crippen LogP contribution in [-0.4, -0.2) is 23.3 Å². The summed E-state index contributed by atoms with van der Waals surface area (Å²) in [7, 11) is -2.19. The Hall–Kier alpha value is -1.49. The number of fused-ring (bicyclic) bond motifs is 1. The molecule has 0 aliphatic heterocycles. The summed E-state index contributed by atoms with van der Waals surface area (Å²) in [5.41, 5.74) is 1.28. The summed E-state index contributed by atoms with van der Waals surface area (Å²) in [5.74, 6) is 0. The van der Waals surface area contributed by atoms with Crippen LogP contribution in [0.2, 0.25) is 0 Å². The second kappa shape index (κ2) is 3.10. The molecule has 66 valence electrons. The van der Waals surface area contributed by atoms with Crippen molar-refractivity contribution in [3.63, 3.8) is 0 Å². The summed E-state index contributed by atoms with van der Waals surface area (Å²) in [5, 5.41) is 0. The minimum Gasteiger partial charge on any atom is -0.244 e. The Bertz CT molecular complexity index is 495. The van der Waals surface area contributed by atoms with Crippen molar-refractivity contribution in [2.45, 2.75) is 6.42 Å². The molecule has 1 aromatic rings. The molecule has 0 bridgehead atoms. The molecule has 5 heteroatoms. The summed E-state index contributed by atoms with van der Waals surface area (Å²) >= 11 is 0. The Labute approximate surface area is 76.5 Å². The molecular formula is C8H6N2O2S. The minimum absolute atomic E-state index is 0.333. The fourth-order valence-corrected chi connectivity index (χ4v) is 1.79. The van der Waals surface area contributed by atoms with Gasteiger partial charge in [0.25, 0.3) is 0 Å². The maximum atomic E-state index is 10.8. The monoisotopic (exact) mass is 194 g/mol. The Morgan fingerprint density at radius 2 is 2.23 bits per heavy atom. The van der Waals surface area contributed by atoms with Crippen LogP contribution < -0.4 is 0 Å². The van der Waals surface area contributed by atoms with Gasteiger partial charge in [-0.1, -0.05) is 12.2 Å². The van der Waals surface area contributed by atoms with Crippen molar-refractivity contribution in [1.82, 2.24) is 9.97 Å². The van der Waals surface area contributed by atoms with Crippen LogP contribution in [0.25, 0.3) is 6.08 Å². The summed E-state index contributed by atoms with van der Waals surface area (Å²) in [6, 6.07) is 0. The normalized spacial score (nSPS) is 14.0. The van der Waals surface area contributed by atoms with Crippen molar-refractivity contribution in [2.24, 2.45) is 0 Å². The molecule has 2 rings (SSSR count). The van der Waals surface area contributed by atoms with E-state index in [0.29, 0.717) is 17.0 Å². The average molecular weight is 194 g/mol. The molecule has 1 aromatic heterocycles. The van der Waals surface area contributed by atoms with Crippen molar-refractivity contribution < 1.29 is 8.42 Å². The van der Waals surface area contributed by atoms with Crippen molar-refractivity contribution in [3.05, 3.63) is 29.9 Å². The van der Waals surface area contributed by atoms with Gasteiger partial charge in [-0.15, -0.1) is 0 Å². The predicted octanol–water partition coefficient (Wildman–Crippen LogP) is 0.293. The first-order chi connectivity index (χ1) is 6.29. The van der Waals surface area contributed by atoms with Gasteiger partial charge in [0.2, 0.25) is 10.3 Å². The summed E-state index contributed by atoms with van der Waals surface area (Å²) in [6.45, 7) is 0. The van der Waals surface area contributed by atoms with Gasteiger partial charge >= 0.3 is 0 Å². The van der Waals surface area contributed by atoms with Gasteiger partial charge in [0.15, 0.2) is 0 Å². The average Bonchev–Trinajstić information content (AvgIpc) is 2.17. The third kappa shape index (κ3) is 1.38. The van der Waals surface area contributed by atoms with E-state index >= 15 is 0 Å². The number of aromatic nitrogens is 2. The Morgan fingerprint density at radius 3 is 3.00 bits per heavy atom. The van der Waals surface area contributed by atoms with Crippen LogP contribution in [0.15, 0.2) is 18.6 Å². The van der Waals surface area contributed by atoms with Gasteiger partial charge in [0.1, 0.15) is 11.2 Å². The van der Waals surface area contributed by atoms with E-state index in [1.165, 1.54) is 6.33 Å². The van der Waals surface area contributed by atoms with E-state index < -0.39 is 10.3 Å². The van der Waals surface area contributed by atoms with Gasteiger partial charge in [-0.3, -0.25) is 0 Å². The number of rotatable bonds is 0. The summed E-state index contributed by atoms with van der Waals surface area (Å²) < 4.78 is 21.6. The molecule has 0 atom stereocenters. The van der Waals surface area contributed by atoms with E-state index in [1.807, 2.05) is 6.08 Å². The molecule has 0 amide bonds. The van der Waals surface area contributed by atoms with Crippen LogP contribution >= 0.6 is 0 Å². The highest BCUT2D eigenvalue weighted by Gasteiger charge is 2.13. The highest BCUT2D eigenvalue weighted by molar-refractivity contribution is 7.73. The lowest BCUT2D eigenvalue weighted by atomic mass is 10.0. The van der Waals surface area contributed by atoms with E-state index in [9.17, 15) is 8.42 Å². The molecule has 0 radical (unpaired) electrons. The summed E-state index contributed by atoms with van der Waals surface area (Å²) in [4.78, 5) is 8.08. The Balaban J connectivity index is 2.77. The zero-order valence-corrected chi connectivity index (χ0v) is 7.45. The van der Waals surface area contributed by atoms with Gasteiger partial charge in [0, 0.05) is 18.2 Å². The number of hydrogen-bond acceptors (Lipinski definition) is 4. The van der Waals surface area contributed by atoms with Crippen molar-refractivity contribution >= 4 is 21.2 Å². The van der Waals surface area contributed by atoms with Crippen LogP contribution in [0.4, 0.5) is 0 Å². The summed E-state index contributed by atoms with van der Waals surface area (Å²) in [6.07, 6.45) is 6.98. The zero-order valence-electron chi connectivity index (χ0n) is 6.64. The molecule has 1 aliphatic rings. The molecule has 0 spiro atoms. The predicted molar refractivity (Wildman–Crippen MR) is 48.7 cm³/mol. The Morgan fingerprint density at radius 1 is 1.38 bits per heavy atom. The lowest BCUT2D eigenvalue weighted by Gasteiger charge is -2.07. The number of allylic oxidation sites excluding steroid dienone is 1. The van der Waals surface area contributed by atoms with Crippen LogP contribution in [0.1, 0.15) is 17.7 Å². The quantitative estimate of drug-likeness (QED) is 0.557. The molecule has 0 saturated heterocycles. The van der Waals surface area contributed by atoms with Crippen molar-refractivity contribution in [3.8, 4) is 0 Å². The highest BCUT2D eigenvalue weighted by atomic mass is 32.2.